The van der Waals surface area contributed by atoms with Gasteiger partial charge in [-0.3, -0.25) is 9.78 Å². The Morgan fingerprint density at radius 1 is 0.917 bits per heavy atom. The second-order valence-corrected chi connectivity index (χ2v) is 8.53. The highest BCUT2D eigenvalue weighted by Crippen LogP contribution is 2.34. The maximum atomic E-state index is 13.5. The van der Waals surface area contributed by atoms with Gasteiger partial charge >= 0.3 is 0 Å². The zero-order valence-electron chi connectivity index (χ0n) is 20.4. The van der Waals surface area contributed by atoms with E-state index in [1.807, 2.05) is 74.6 Å². The highest BCUT2D eigenvalue weighted by atomic mass is 16.1. The number of aryl methyl sites for hydroxylation is 2. The first kappa shape index (κ1) is 23.1. The Hall–Kier alpha value is -4.65. The number of carbonyl (C=O) groups excluding carboxylic acids is 1. The summed E-state index contributed by atoms with van der Waals surface area (Å²) in [6.07, 6.45) is 0.785. The Labute approximate surface area is 209 Å². The van der Waals surface area contributed by atoms with Gasteiger partial charge in [0.25, 0.3) is 0 Å². The Kier molecular flexibility index (Phi) is 6.36. The number of carbonyl (C=O) groups is 1. The van der Waals surface area contributed by atoms with Crippen LogP contribution in [0.1, 0.15) is 34.2 Å². The Balaban J connectivity index is 1.54. The molecule has 0 bridgehead atoms. The van der Waals surface area contributed by atoms with E-state index in [0.29, 0.717) is 17.0 Å². The number of nitrogens with one attached hydrogen (secondary N) is 1. The number of hydrogen-bond donors (Lipinski definition) is 1. The van der Waals surface area contributed by atoms with Crippen molar-refractivity contribution in [2.24, 2.45) is 0 Å². The van der Waals surface area contributed by atoms with Crippen molar-refractivity contribution in [3.63, 3.8) is 0 Å². The van der Waals surface area contributed by atoms with Crippen molar-refractivity contribution in [1.29, 1.82) is 0 Å². The summed E-state index contributed by atoms with van der Waals surface area (Å²) in [5, 5.41) is 14.5. The van der Waals surface area contributed by atoms with E-state index in [4.69, 9.17) is 4.98 Å². The average molecular weight is 475 g/mol. The fourth-order valence-corrected chi connectivity index (χ4v) is 4.39. The van der Waals surface area contributed by atoms with Crippen LogP contribution in [0.3, 0.4) is 0 Å². The largest absolute Gasteiger partial charge is 0.344 e. The number of rotatable bonds is 7. The first-order valence-electron chi connectivity index (χ1n) is 11.8. The van der Waals surface area contributed by atoms with Gasteiger partial charge in [0.2, 0.25) is 5.82 Å². The average Bonchev–Trinajstić information content (AvgIpc) is 3.47. The molecule has 7 heteroatoms. The lowest BCUT2D eigenvalue weighted by molar-refractivity contribution is 0.103. The lowest BCUT2D eigenvalue weighted by Gasteiger charge is -2.24. The molecule has 1 N–H and O–H groups in total. The molecule has 7 nitrogen and oxygen atoms in total. The number of H-pyrrole nitrogens is 1. The van der Waals surface area contributed by atoms with E-state index in [0.717, 1.165) is 45.9 Å². The van der Waals surface area contributed by atoms with Crippen LogP contribution in [0.25, 0.3) is 22.5 Å². The molecule has 0 aliphatic rings. The summed E-state index contributed by atoms with van der Waals surface area (Å²) < 4.78 is 0. The Morgan fingerprint density at radius 3 is 2.28 bits per heavy atom. The molecule has 5 rings (SSSR count). The summed E-state index contributed by atoms with van der Waals surface area (Å²) in [6, 6.07) is 27.6. The highest BCUT2D eigenvalue weighted by molar-refractivity contribution is 6.13. The number of aromatic nitrogens is 5. The maximum absolute atomic E-state index is 13.5. The smallest absolute Gasteiger partial charge is 0.205 e. The van der Waals surface area contributed by atoms with Crippen LogP contribution in [-0.2, 0) is 6.42 Å². The van der Waals surface area contributed by atoms with Crippen molar-refractivity contribution in [3.8, 4) is 22.5 Å². The van der Waals surface area contributed by atoms with Gasteiger partial charge in [-0.25, -0.2) is 0 Å². The van der Waals surface area contributed by atoms with Gasteiger partial charge in [-0.15, -0.1) is 10.2 Å². The Bertz CT molecular complexity index is 1500. The summed E-state index contributed by atoms with van der Waals surface area (Å²) in [5.74, 6) is 0.519. The summed E-state index contributed by atoms with van der Waals surface area (Å²) >= 11 is 0. The highest BCUT2D eigenvalue weighted by Gasteiger charge is 2.22. The molecular formula is C29H26N6O. The predicted octanol–water partition coefficient (Wildman–Crippen LogP) is 5.80. The number of nitrogens with zero attached hydrogens (tertiary/aromatic N) is 5. The number of ketones is 1. The number of pyridine rings is 1. The molecule has 0 fully saturated rings. The fraction of sp³-hybridized carbons (Fsp3) is 0.138. The van der Waals surface area contributed by atoms with Crippen molar-refractivity contribution in [3.05, 3.63) is 107 Å². The van der Waals surface area contributed by atoms with Crippen LogP contribution in [0.15, 0.2) is 84.9 Å². The van der Waals surface area contributed by atoms with Crippen molar-refractivity contribution in [2.45, 2.75) is 20.3 Å². The van der Waals surface area contributed by atoms with Gasteiger partial charge in [0.1, 0.15) is 0 Å². The van der Waals surface area contributed by atoms with Crippen LogP contribution >= 0.6 is 0 Å². The lowest BCUT2D eigenvalue weighted by Crippen LogP contribution is -2.17. The summed E-state index contributed by atoms with van der Waals surface area (Å²) in [6.45, 7) is 3.98. The molecule has 5 aromatic rings. The molecular weight excluding hydrogens is 448 g/mol. The summed E-state index contributed by atoms with van der Waals surface area (Å²) in [4.78, 5) is 20.3. The van der Waals surface area contributed by atoms with Gasteiger partial charge in [0, 0.05) is 29.6 Å². The van der Waals surface area contributed by atoms with Crippen molar-refractivity contribution < 1.29 is 4.79 Å². The minimum Gasteiger partial charge on any atom is -0.344 e. The van der Waals surface area contributed by atoms with E-state index >= 15 is 0 Å². The zero-order valence-corrected chi connectivity index (χ0v) is 20.4. The van der Waals surface area contributed by atoms with Gasteiger partial charge < -0.3 is 4.90 Å². The number of aromatic amines is 1. The maximum Gasteiger partial charge on any atom is 0.205 e. The molecule has 0 aliphatic carbocycles. The van der Waals surface area contributed by atoms with Crippen molar-refractivity contribution in [2.75, 3.05) is 11.9 Å². The first-order valence-corrected chi connectivity index (χ1v) is 11.8. The predicted molar refractivity (Wildman–Crippen MR) is 141 cm³/mol. The summed E-state index contributed by atoms with van der Waals surface area (Å²) in [7, 11) is 1.98. The third-order valence-corrected chi connectivity index (χ3v) is 6.30. The molecule has 178 valence electrons. The standard InChI is InChI=1S/C29H26N6O/c1-4-22-18-26(27(19(2)30-22)28(36)21-10-6-5-7-11-21)35(3)23-16-14-20(15-17-23)24-12-8-9-13-25(24)29-31-33-34-32-29/h5-18H,4H2,1-3H3,(H,31,32,33,34). The second kappa shape index (κ2) is 9.92. The van der Waals surface area contributed by atoms with E-state index in [1.165, 1.54) is 0 Å². The monoisotopic (exact) mass is 474 g/mol. The zero-order chi connectivity index (χ0) is 25.1. The van der Waals surface area contributed by atoms with Gasteiger partial charge in [-0.05, 0) is 47.9 Å². The second-order valence-electron chi connectivity index (χ2n) is 8.53. The number of anilines is 2. The SMILES string of the molecule is CCc1cc(N(C)c2ccc(-c3ccccc3-c3nn[nH]n3)cc2)c(C(=O)c2ccccc2)c(C)n1. The molecule has 2 aromatic heterocycles. The van der Waals surface area contributed by atoms with Gasteiger partial charge in [-0.2, -0.15) is 5.21 Å². The molecule has 0 aliphatic heterocycles. The molecule has 2 heterocycles. The molecule has 36 heavy (non-hydrogen) atoms. The van der Waals surface area contributed by atoms with Gasteiger partial charge in [0.15, 0.2) is 5.78 Å². The number of hydrogen-bond acceptors (Lipinski definition) is 6. The Morgan fingerprint density at radius 2 is 1.61 bits per heavy atom. The molecule has 0 unspecified atom stereocenters. The van der Waals surface area contributed by atoms with E-state index in [-0.39, 0.29) is 5.78 Å². The van der Waals surface area contributed by atoms with Crippen LogP contribution in [0.2, 0.25) is 0 Å². The van der Waals surface area contributed by atoms with Crippen LogP contribution in [0, 0.1) is 6.92 Å². The van der Waals surface area contributed by atoms with Crippen LogP contribution in [0.5, 0.6) is 0 Å². The van der Waals surface area contributed by atoms with E-state index in [1.54, 1.807) is 0 Å². The molecule has 0 spiro atoms. The third-order valence-electron chi connectivity index (χ3n) is 6.30. The fourth-order valence-electron chi connectivity index (χ4n) is 4.39. The van der Waals surface area contributed by atoms with Gasteiger partial charge in [-0.1, -0.05) is 73.7 Å². The third kappa shape index (κ3) is 4.38. The van der Waals surface area contributed by atoms with Gasteiger partial charge in [0.05, 0.1) is 16.9 Å². The molecule has 0 radical (unpaired) electrons. The summed E-state index contributed by atoms with van der Waals surface area (Å²) in [5.41, 5.74) is 7.70. The lowest BCUT2D eigenvalue weighted by atomic mass is 9.97. The minimum atomic E-state index is -0.0317. The topological polar surface area (TPSA) is 87.7 Å². The molecule has 0 saturated heterocycles. The first-order chi connectivity index (χ1) is 17.6. The van der Waals surface area contributed by atoms with Crippen LogP contribution in [-0.4, -0.2) is 38.4 Å². The van der Waals surface area contributed by atoms with Crippen LogP contribution in [0.4, 0.5) is 11.4 Å². The molecule has 3 aromatic carbocycles. The quantitative estimate of drug-likeness (QED) is 0.300. The van der Waals surface area contributed by atoms with Crippen LogP contribution < -0.4 is 4.90 Å². The van der Waals surface area contributed by atoms with Crippen molar-refractivity contribution in [1.82, 2.24) is 25.6 Å². The number of benzene rings is 3. The minimum absolute atomic E-state index is 0.0317. The molecule has 0 saturated carbocycles. The van der Waals surface area contributed by atoms with E-state index < -0.39 is 0 Å². The molecule has 0 atom stereocenters. The molecule has 0 amide bonds. The van der Waals surface area contributed by atoms with Crippen molar-refractivity contribution >= 4 is 17.2 Å². The van der Waals surface area contributed by atoms with E-state index in [2.05, 4.69) is 56.7 Å². The number of tetrazole rings is 1. The van der Waals surface area contributed by atoms with E-state index in [9.17, 15) is 4.79 Å². The normalized spacial score (nSPS) is 10.9.